The van der Waals surface area contributed by atoms with Gasteiger partial charge in [0, 0.05) is 33.4 Å². The van der Waals surface area contributed by atoms with Gasteiger partial charge in [-0.05, 0) is 36.8 Å². The molecule has 116 valence electrons. The molecule has 0 N–H and O–H groups in total. The molecule has 2 heterocycles. The fraction of sp³-hybridized carbons (Fsp3) is 0.667. The van der Waals surface area contributed by atoms with E-state index in [1.165, 1.54) is 31.9 Å². The summed E-state index contributed by atoms with van der Waals surface area (Å²) in [5.74, 6) is 1.88. The lowest BCUT2D eigenvalue weighted by Gasteiger charge is -2.22. The highest BCUT2D eigenvalue weighted by molar-refractivity contribution is 7.89. The number of aromatic nitrogens is 1. The number of anilines is 1. The summed E-state index contributed by atoms with van der Waals surface area (Å²) >= 11 is 0. The summed E-state index contributed by atoms with van der Waals surface area (Å²) in [5.41, 5.74) is 0. The van der Waals surface area contributed by atoms with Crippen LogP contribution >= 0.6 is 0 Å². The van der Waals surface area contributed by atoms with Gasteiger partial charge in [-0.25, -0.2) is 13.4 Å². The molecule has 0 radical (unpaired) electrons. The predicted molar refractivity (Wildman–Crippen MR) is 82.8 cm³/mol. The van der Waals surface area contributed by atoms with E-state index in [9.17, 15) is 8.42 Å². The molecule has 1 aliphatic carbocycles. The lowest BCUT2D eigenvalue weighted by Crippen LogP contribution is -2.29. The predicted octanol–water partition coefficient (Wildman–Crippen LogP) is 1.96. The van der Waals surface area contributed by atoms with E-state index >= 15 is 0 Å². The Morgan fingerprint density at radius 3 is 2.24 bits per heavy atom. The second kappa shape index (κ2) is 5.57. The van der Waals surface area contributed by atoms with Gasteiger partial charge in [0.05, 0.1) is 0 Å². The Morgan fingerprint density at radius 1 is 1.14 bits per heavy atom. The van der Waals surface area contributed by atoms with Gasteiger partial charge in [-0.1, -0.05) is 12.8 Å². The van der Waals surface area contributed by atoms with Crippen LogP contribution in [-0.2, 0) is 10.0 Å². The molecule has 0 spiro atoms. The number of hydrogen-bond donors (Lipinski definition) is 0. The number of sulfonamides is 1. The van der Waals surface area contributed by atoms with Crippen molar-refractivity contribution in [2.75, 3.05) is 32.1 Å². The van der Waals surface area contributed by atoms with E-state index in [1.807, 2.05) is 19.0 Å². The third-order valence-corrected chi connectivity index (χ3v) is 6.57. The monoisotopic (exact) mass is 309 g/mol. The van der Waals surface area contributed by atoms with Gasteiger partial charge in [-0.15, -0.1) is 0 Å². The zero-order valence-corrected chi connectivity index (χ0v) is 13.5. The van der Waals surface area contributed by atoms with Crippen molar-refractivity contribution in [3.8, 4) is 0 Å². The number of nitrogens with zero attached hydrogens (tertiary/aromatic N) is 3. The Kier molecular flexibility index (Phi) is 3.92. The minimum Gasteiger partial charge on any atom is -0.363 e. The van der Waals surface area contributed by atoms with Gasteiger partial charge in [0.2, 0.25) is 10.0 Å². The highest BCUT2D eigenvalue weighted by atomic mass is 32.2. The maximum atomic E-state index is 12.7. The minimum absolute atomic E-state index is 0.312. The molecule has 2 atom stereocenters. The summed E-state index contributed by atoms with van der Waals surface area (Å²) < 4.78 is 27.1. The van der Waals surface area contributed by atoms with Crippen LogP contribution in [-0.4, -0.2) is 44.9 Å². The summed E-state index contributed by atoms with van der Waals surface area (Å²) in [6, 6.07) is 3.43. The normalized spacial score (nSPS) is 26.6. The largest absolute Gasteiger partial charge is 0.363 e. The Hall–Kier alpha value is -1.14. The first-order valence-corrected chi connectivity index (χ1v) is 9.06. The molecule has 2 fully saturated rings. The topological polar surface area (TPSA) is 53.5 Å². The van der Waals surface area contributed by atoms with Gasteiger partial charge in [-0.2, -0.15) is 4.31 Å². The van der Waals surface area contributed by atoms with E-state index < -0.39 is 10.0 Å². The number of rotatable bonds is 3. The molecule has 21 heavy (non-hydrogen) atoms. The molecule has 1 aliphatic heterocycles. The van der Waals surface area contributed by atoms with Gasteiger partial charge >= 0.3 is 0 Å². The van der Waals surface area contributed by atoms with Gasteiger partial charge < -0.3 is 4.90 Å². The van der Waals surface area contributed by atoms with Crippen LogP contribution in [0.5, 0.6) is 0 Å². The third kappa shape index (κ3) is 2.79. The second-order valence-electron chi connectivity index (χ2n) is 6.37. The van der Waals surface area contributed by atoms with Crippen LogP contribution in [0.25, 0.3) is 0 Å². The van der Waals surface area contributed by atoms with Crippen molar-refractivity contribution in [1.29, 1.82) is 0 Å². The number of pyridine rings is 1. The zero-order valence-electron chi connectivity index (χ0n) is 12.7. The Balaban J connectivity index is 1.80. The van der Waals surface area contributed by atoms with E-state index in [2.05, 4.69) is 4.98 Å². The molecule has 0 amide bonds. The SMILES string of the molecule is CN(C)c1ccc(S(=O)(=O)N2C[C@H]3CCCC[C@H]3C2)cn1. The Bertz CT molecular complexity index is 584. The molecule has 6 heteroatoms. The van der Waals surface area contributed by atoms with E-state index in [-0.39, 0.29) is 0 Å². The molecule has 1 saturated heterocycles. The standard InChI is InChI=1S/C15H23N3O2S/c1-17(2)15-8-7-14(9-16-15)21(19,20)18-10-12-5-3-4-6-13(12)11-18/h7-9,12-13H,3-6,10-11H2,1-2H3/t12-,13+. The fourth-order valence-electron chi connectivity index (χ4n) is 3.50. The van der Waals surface area contributed by atoms with Crippen molar-refractivity contribution in [1.82, 2.24) is 9.29 Å². The summed E-state index contributed by atoms with van der Waals surface area (Å²) in [6.45, 7) is 1.37. The van der Waals surface area contributed by atoms with E-state index in [1.54, 1.807) is 16.4 Å². The van der Waals surface area contributed by atoms with Gasteiger partial charge in [0.15, 0.2) is 0 Å². The average Bonchev–Trinajstić information content (AvgIpc) is 2.92. The summed E-state index contributed by atoms with van der Waals surface area (Å²) in [7, 11) is 0.394. The molecule has 2 aliphatic rings. The average molecular weight is 309 g/mol. The molecular weight excluding hydrogens is 286 g/mol. The zero-order chi connectivity index (χ0) is 15.0. The maximum absolute atomic E-state index is 12.7. The van der Waals surface area contributed by atoms with Crippen LogP contribution in [0.4, 0.5) is 5.82 Å². The first-order valence-electron chi connectivity index (χ1n) is 7.62. The summed E-state index contributed by atoms with van der Waals surface area (Å²) in [6.07, 6.45) is 6.32. The molecule has 3 rings (SSSR count). The molecule has 5 nitrogen and oxygen atoms in total. The van der Waals surface area contributed by atoms with Crippen molar-refractivity contribution in [3.05, 3.63) is 18.3 Å². The molecule has 1 aromatic heterocycles. The first-order chi connectivity index (χ1) is 9.98. The maximum Gasteiger partial charge on any atom is 0.244 e. The van der Waals surface area contributed by atoms with Crippen molar-refractivity contribution < 1.29 is 8.42 Å². The minimum atomic E-state index is -3.39. The van der Waals surface area contributed by atoms with Gasteiger partial charge in [0.1, 0.15) is 10.7 Å². The molecule has 0 bridgehead atoms. The number of fused-ring (bicyclic) bond motifs is 1. The van der Waals surface area contributed by atoms with Crippen LogP contribution in [0.1, 0.15) is 25.7 Å². The van der Waals surface area contributed by atoms with E-state index in [4.69, 9.17) is 0 Å². The smallest absolute Gasteiger partial charge is 0.244 e. The molecule has 1 aromatic rings. The van der Waals surface area contributed by atoms with Crippen LogP contribution in [0.3, 0.4) is 0 Å². The molecular formula is C15H23N3O2S. The van der Waals surface area contributed by atoms with E-state index in [0.717, 1.165) is 5.82 Å². The summed E-state index contributed by atoms with van der Waals surface area (Å²) in [4.78, 5) is 6.40. The second-order valence-corrected chi connectivity index (χ2v) is 8.31. The molecule has 1 saturated carbocycles. The highest BCUT2D eigenvalue weighted by Gasteiger charge is 2.40. The van der Waals surface area contributed by atoms with Crippen molar-refractivity contribution >= 4 is 15.8 Å². The summed E-state index contributed by atoms with van der Waals surface area (Å²) in [5, 5.41) is 0. The van der Waals surface area contributed by atoms with Crippen LogP contribution in [0.15, 0.2) is 23.2 Å². The van der Waals surface area contributed by atoms with Gasteiger partial charge in [0.25, 0.3) is 0 Å². The van der Waals surface area contributed by atoms with Crippen LogP contribution < -0.4 is 4.90 Å². The third-order valence-electron chi connectivity index (χ3n) is 4.76. The van der Waals surface area contributed by atoms with Crippen molar-refractivity contribution in [2.24, 2.45) is 11.8 Å². The first kappa shape index (κ1) is 14.8. The fourth-order valence-corrected chi connectivity index (χ4v) is 5.00. The van der Waals surface area contributed by atoms with Crippen LogP contribution in [0, 0.1) is 11.8 Å². The lowest BCUT2D eigenvalue weighted by molar-refractivity contribution is 0.299. The van der Waals surface area contributed by atoms with Crippen molar-refractivity contribution in [2.45, 2.75) is 30.6 Å². The Morgan fingerprint density at radius 2 is 1.76 bits per heavy atom. The van der Waals surface area contributed by atoms with Crippen LogP contribution in [0.2, 0.25) is 0 Å². The molecule has 0 unspecified atom stereocenters. The molecule has 0 aromatic carbocycles. The number of hydrogen-bond acceptors (Lipinski definition) is 4. The lowest BCUT2D eigenvalue weighted by atomic mass is 9.82. The van der Waals surface area contributed by atoms with Crippen molar-refractivity contribution in [3.63, 3.8) is 0 Å². The van der Waals surface area contributed by atoms with Gasteiger partial charge in [-0.3, -0.25) is 0 Å². The highest BCUT2D eigenvalue weighted by Crippen LogP contribution is 2.38. The van der Waals surface area contributed by atoms with E-state index in [0.29, 0.717) is 29.8 Å². The quantitative estimate of drug-likeness (QED) is 0.856. The Labute approximate surface area is 127 Å².